The summed E-state index contributed by atoms with van der Waals surface area (Å²) in [6, 6.07) is 27.5. The lowest BCUT2D eigenvalue weighted by molar-refractivity contribution is 0.483. The highest BCUT2D eigenvalue weighted by Crippen LogP contribution is 2.35. The van der Waals surface area contributed by atoms with Gasteiger partial charge in [-0.25, -0.2) is 18.4 Å². The van der Waals surface area contributed by atoms with Crippen molar-refractivity contribution in [3.05, 3.63) is 108 Å². The van der Waals surface area contributed by atoms with Crippen LogP contribution in [0.2, 0.25) is 0 Å². The molecule has 1 unspecified atom stereocenters. The Kier molecular flexibility index (Phi) is 10.9. The normalized spacial score (nSPS) is 12.6. The average Bonchev–Trinajstić information content (AvgIpc) is 3.05. The molecule has 11 heteroatoms. The van der Waals surface area contributed by atoms with Gasteiger partial charge >= 0.3 is 0 Å². The van der Waals surface area contributed by atoms with Crippen LogP contribution in [-0.2, 0) is 26.6 Å². The molecule has 9 nitrogen and oxygen atoms in total. The molecule has 0 bridgehead atoms. The summed E-state index contributed by atoms with van der Waals surface area (Å²) in [6.07, 6.45) is 8.61. The topological polar surface area (TPSA) is 152 Å². The molecule has 0 fully saturated rings. The number of nitrogen functional groups attached to an aromatic ring is 1. The van der Waals surface area contributed by atoms with Gasteiger partial charge in [-0.15, -0.1) is 0 Å². The van der Waals surface area contributed by atoms with Gasteiger partial charge in [0, 0.05) is 11.3 Å². The zero-order valence-corrected chi connectivity index (χ0v) is 28.0. The molecule has 0 aliphatic heterocycles. The van der Waals surface area contributed by atoms with E-state index in [1.165, 1.54) is 73.7 Å². The van der Waals surface area contributed by atoms with E-state index in [0.29, 0.717) is 29.1 Å². The fourth-order valence-corrected chi connectivity index (χ4v) is 7.55. The van der Waals surface area contributed by atoms with Crippen molar-refractivity contribution in [2.24, 2.45) is 0 Å². The number of nitrogens with one attached hydrogen (secondary N) is 1. The summed E-state index contributed by atoms with van der Waals surface area (Å²) in [7, 11) is -8.86. The molecule has 0 saturated heterocycles. The van der Waals surface area contributed by atoms with Crippen molar-refractivity contribution in [3.63, 3.8) is 0 Å². The van der Waals surface area contributed by atoms with Gasteiger partial charge in [-0.2, -0.15) is 8.42 Å². The molecule has 0 amide bonds. The number of aryl methyl sites for hydroxylation is 1. The largest absolute Gasteiger partial charge is 0.399 e. The monoisotopic (exact) mass is 672 g/mol. The molecule has 1 heterocycles. The number of nitrogens with zero attached hydrogens (tertiary/aromatic N) is 2. The van der Waals surface area contributed by atoms with Crippen LogP contribution in [0.25, 0.3) is 22.3 Å². The van der Waals surface area contributed by atoms with Crippen LogP contribution in [-0.4, -0.2) is 31.4 Å². The number of anilines is 2. The Hall–Kier alpha value is -4.32. The number of aromatic nitrogens is 2. The van der Waals surface area contributed by atoms with E-state index < -0.39 is 25.0 Å². The molecule has 5 rings (SSSR count). The minimum atomic E-state index is -4.69. The van der Waals surface area contributed by atoms with E-state index in [0.717, 1.165) is 24.8 Å². The molecule has 1 atom stereocenters. The third-order valence-electron chi connectivity index (χ3n) is 8.31. The zero-order chi connectivity index (χ0) is 33.4. The van der Waals surface area contributed by atoms with Crippen molar-refractivity contribution in [3.8, 4) is 11.3 Å². The van der Waals surface area contributed by atoms with Crippen LogP contribution < -0.4 is 10.5 Å². The first-order chi connectivity index (χ1) is 22.6. The first-order valence-corrected chi connectivity index (χ1v) is 18.8. The van der Waals surface area contributed by atoms with Crippen LogP contribution in [0.1, 0.15) is 68.9 Å². The Bertz CT molecular complexity index is 2040. The smallest absolute Gasteiger partial charge is 0.295 e. The predicted octanol–water partition coefficient (Wildman–Crippen LogP) is 8.00. The highest BCUT2D eigenvalue weighted by atomic mass is 32.2. The Morgan fingerprint density at radius 1 is 0.766 bits per heavy atom. The van der Waals surface area contributed by atoms with Crippen molar-refractivity contribution in [2.45, 2.75) is 74.0 Å². The van der Waals surface area contributed by atoms with Gasteiger partial charge < -0.3 is 5.73 Å². The Balaban J connectivity index is 1.56. The Morgan fingerprint density at radius 3 is 2.19 bits per heavy atom. The number of fused-ring (bicyclic) bond motifs is 1. The van der Waals surface area contributed by atoms with Crippen LogP contribution in [0.3, 0.4) is 0 Å². The molecular weight excluding hydrogens is 633 g/mol. The number of nitrogens with two attached hydrogens (primary N) is 1. The van der Waals surface area contributed by atoms with E-state index in [1.54, 1.807) is 12.1 Å². The van der Waals surface area contributed by atoms with Crippen LogP contribution in [0.4, 0.5) is 11.5 Å². The van der Waals surface area contributed by atoms with Crippen molar-refractivity contribution in [2.75, 3.05) is 10.5 Å². The van der Waals surface area contributed by atoms with E-state index in [1.807, 2.05) is 18.2 Å². The maximum absolute atomic E-state index is 13.5. The lowest BCUT2D eigenvalue weighted by atomic mass is 9.87. The van der Waals surface area contributed by atoms with Crippen molar-refractivity contribution in [1.82, 2.24) is 9.97 Å². The van der Waals surface area contributed by atoms with Crippen LogP contribution in [0.15, 0.2) is 107 Å². The van der Waals surface area contributed by atoms with E-state index in [-0.39, 0.29) is 22.0 Å². The van der Waals surface area contributed by atoms with Gasteiger partial charge in [-0.3, -0.25) is 9.27 Å². The van der Waals surface area contributed by atoms with Crippen LogP contribution >= 0.6 is 0 Å². The minimum Gasteiger partial charge on any atom is -0.399 e. The molecule has 0 saturated carbocycles. The van der Waals surface area contributed by atoms with E-state index in [9.17, 15) is 21.4 Å². The minimum absolute atomic E-state index is 0.0171. The van der Waals surface area contributed by atoms with Crippen molar-refractivity contribution >= 4 is 42.7 Å². The number of sulfonamides is 1. The third kappa shape index (κ3) is 8.54. The van der Waals surface area contributed by atoms with Gasteiger partial charge in [0.15, 0.2) is 5.82 Å². The lowest BCUT2D eigenvalue weighted by Gasteiger charge is -2.19. The number of hydrogen-bond donors (Lipinski definition) is 3. The molecule has 4 N–H and O–H groups in total. The summed E-state index contributed by atoms with van der Waals surface area (Å²) in [5.74, 6) is 0.170. The molecule has 5 aromatic rings. The van der Waals surface area contributed by atoms with Crippen LogP contribution in [0.5, 0.6) is 0 Å². The number of para-hydroxylation sites is 1. The molecule has 0 aliphatic rings. The van der Waals surface area contributed by atoms with E-state index >= 15 is 0 Å². The SMILES string of the molecule is CCCCCCCC(CCc1cccc2nc(NS(=O)(=O)c3ccc(N)cc3)c(-c3ccccc3S(=O)(=O)O)nc12)c1ccccc1. The van der Waals surface area contributed by atoms with Gasteiger partial charge in [-0.05, 0) is 72.7 Å². The quantitative estimate of drug-likeness (QED) is 0.0575. The first-order valence-electron chi connectivity index (χ1n) is 15.9. The number of unbranched alkanes of at least 4 members (excludes halogenated alkanes) is 4. The summed E-state index contributed by atoms with van der Waals surface area (Å²) >= 11 is 0. The van der Waals surface area contributed by atoms with Gasteiger partial charge in [0.1, 0.15) is 10.6 Å². The standard InChI is InChI=1S/C36H40N4O5S2/c1-2-3-4-5-7-15-27(26-13-8-6-9-14-26)20-21-28-16-12-18-32-34(28)39-35(31-17-10-11-19-33(31)47(43,44)45)36(38-32)40-46(41,42)30-24-22-29(37)23-25-30/h6,8-14,16-19,22-25,27H,2-5,7,15,20-21,37H2,1H3,(H,38,40)(H,43,44,45). The molecule has 0 spiro atoms. The van der Waals surface area contributed by atoms with Gasteiger partial charge in [0.05, 0.1) is 15.9 Å². The van der Waals surface area contributed by atoms with Crippen LogP contribution in [0, 0.1) is 0 Å². The first kappa shape index (κ1) is 34.0. The maximum atomic E-state index is 13.5. The average molecular weight is 673 g/mol. The second kappa shape index (κ2) is 15.1. The molecule has 246 valence electrons. The number of rotatable bonds is 15. The summed E-state index contributed by atoms with van der Waals surface area (Å²) < 4.78 is 64.3. The Morgan fingerprint density at radius 2 is 1.47 bits per heavy atom. The third-order valence-corrected chi connectivity index (χ3v) is 10.6. The summed E-state index contributed by atoms with van der Waals surface area (Å²) in [4.78, 5) is 9.08. The predicted molar refractivity (Wildman–Crippen MR) is 187 cm³/mol. The molecule has 4 aromatic carbocycles. The molecular formula is C36H40N4O5S2. The second-order valence-electron chi connectivity index (χ2n) is 11.7. The molecule has 0 radical (unpaired) electrons. The zero-order valence-electron chi connectivity index (χ0n) is 26.3. The second-order valence-corrected chi connectivity index (χ2v) is 14.8. The lowest BCUT2D eigenvalue weighted by Crippen LogP contribution is -2.16. The highest BCUT2D eigenvalue weighted by Gasteiger charge is 2.25. The molecule has 0 aliphatic carbocycles. The number of benzene rings is 4. The van der Waals surface area contributed by atoms with Gasteiger partial charge in [-0.1, -0.05) is 99.7 Å². The highest BCUT2D eigenvalue weighted by molar-refractivity contribution is 7.92. The summed E-state index contributed by atoms with van der Waals surface area (Å²) in [6.45, 7) is 2.21. The van der Waals surface area contributed by atoms with E-state index in [4.69, 9.17) is 10.7 Å². The van der Waals surface area contributed by atoms with Gasteiger partial charge in [0.25, 0.3) is 20.1 Å². The molecule has 47 heavy (non-hydrogen) atoms. The fraction of sp³-hybridized carbons (Fsp3) is 0.278. The van der Waals surface area contributed by atoms with Crippen molar-refractivity contribution in [1.29, 1.82) is 0 Å². The summed E-state index contributed by atoms with van der Waals surface area (Å²) in [5.41, 5.74) is 9.31. The Labute approximate surface area is 277 Å². The fourth-order valence-electron chi connectivity index (χ4n) is 5.84. The summed E-state index contributed by atoms with van der Waals surface area (Å²) in [5, 5.41) is 0. The van der Waals surface area contributed by atoms with Crippen molar-refractivity contribution < 1.29 is 21.4 Å². The van der Waals surface area contributed by atoms with E-state index in [2.05, 4.69) is 40.9 Å². The number of hydrogen-bond acceptors (Lipinski definition) is 7. The molecule has 1 aromatic heterocycles. The maximum Gasteiger partial charge on any atom is 0.295 e. The van der Waals surface area contributed by atoms with Gasteiger partial charge in [0.2, 0.25) is 0 Å².